The third-order valence-electron chi connectivity index (χ3n) is 2.00. The summed E-state index contributed by atoms with van der Waals surface area (Å²) in [6.45, 7) is 0.636. The van der Waals surface area contributed by atoms with Crippen molar-refractivity contribution in [3.8, 4) is 0 Å². The molecule has 15 heavy (non-hydrogen) atoms. The molecule has 0 radical (unpaired) electrons. The number of nitro benzene ring substituents is 1. The Bertz CT molecular complexity index is 394. The summed E-state index contributed by atoms with van der Waals surface area (Å²) in [5.74, 6) is -3.37. The lowest BCUT2D eigenvalue weighted by molar-refractivity contribution is -0.387. The molecule has 0 unspecified atom stereocenters. The molecule has 0 spiro atoms. The Morgan fingerprint density at radius 2 is 2.13 bits per heavy atom. The summed E-state index contributed by atoms with van der Waals surface area (Å²) in [6, 6.07) is 3.56. The van der Waals surface area contributed by atoms with Crippen LogP contribution in [0.4, 0.5) is 14.5 Å². The molecular formula is C9H10F2N2O2. The highest BCUT2D eigenvalue weighted by Crippen LogP contribution is 2.34. The van der Waals surface area contributed by atoms with Gasteiger partial charge in [-0.2, -0.15) is 8.78 Å². The zero-order valence-electron chi connectivity index (χ0n) is 8.04. The van der Waals surface area contributed by atoms with Crippen LogP contribution < -0.4 is 5.73 Å². The van der Waals surface area contributed by atoms with Gasteiger partial charge >= 0.3 is 0 Å². The van der Waals surface area contributed by atoms with Crippen LogP contribution in [-0.4, -0.2) is 11.5 Å². The molecule has 4 nitrogen and oxygen atoms in total. The van der Waals surface area contributed by atoms with Gasteiger partial charge in [-0.25, -0.2) is 0 Å². The molecule has 0 aliphatic heterocycles. The molecule has 0 aliphatic rings. The van der Waals surface area contributed by atoms with Gasteiger partial charge in [-0.15, -0.1) is 0 Å². The van der Waals surface area contributed by atoms with Crippen LogP contribution in [0.15, 0.2) is 18.2 Å². The molecule has 0 heterocycles. The molecule has 0 fully saturated rings. The van der Waals surface area contributed by atoms with Gasteiger partial charge in [0.05, 0.1) is 11.5 Å². The third-order valence-corrected chi connectivity index (χ3v) is 2.00. The smallest absolute Gasteiger partial charge is 0.291 e. The van der Waals surface area contributed by atoms with Gasteiger partial charge in [-0.1, -0.05) is 11.6 Å². The maximum Gasteiger partial charge on any atom is 0.291 e. The molecule has 0 aliphatic carbocycles. The first-order valence-electron chi connectivity index (χ1n) is 4.22. The third kappa shape index (κ3) is 2.27. The Morgan fingerprint density at radius 3 is 2.60 bits per heavy atom. The predicted molar refractivity (Wildman–Crippen MR) is 50.8 cm³/mol. The minimum absolute atomic E-state index is 0.531. The first-order valence-corrected chi connectivity index (χ1v) is 4.22. The lowest BCUT2D eigenvalue weighted by atomic mass is 10.0. The van der Waals surface area contributed by atoms with Crippen LogP contribution in [0.25, 0.3) is 0 Å². The van der Waals surface area contributed by atoms with Gasteiger partial charge in [0.2, 0.25) is 0 Å². The van der Waals surface area contributed by atoms with Gasteiger partial charge in [0.25, 0.3) is 11.6 Å². The van der Waals surface area contributed by atoms with E-state index >= 15 is 0 Å². The van der Waals surface area contributed by atoms with Crippen molar-refractivity contribution in [1.29, 1.82) is 0 Å². The van der Waals surface area contributed by atoms with Gasteiger partial charge in [0.1, 0.15) is 5.56 Å². The molecule has 0 bridgehead atoms. The Balaban J connectivity index is 3.37. The molecule has 0 saturated heterocycles. The fraction of sp³-hybridized carbons (Fsp3) is 0.333. The largest absolute Gasteiger partial charge is 0.325 e. The second-order valence-electron chi connectivity index (χ2n) is 3.19. The van der Waals surface area contributed by atoms with E-state index in [4.69, 9.17) is 5.73 Å². The molecule has 0 aromatic heterocycles. The lowest BCUT2D eigenvalue weighted by Gasteiger charge is -2.14. The minimum Gasteiger partial charge on any atom is -0.325 e. The van der Waals surface area contributed by atoms with E-state index in [2.05, 4.69) is 0 Å². The molecule has 2 N–H and O–H groups in total. The first kappa shape index (κ1) is 11.5. The summed E-state index contributed by atoms with van der Waals surface area (Å²) in [4.78, 5) is 9.69. The maximum absolute atomic E-state index is 13.3. The van der Waals surface area contributed by atoms with Crippen molar-refractivity contribution in [2.24, 2.45) is 5.73 Å². The summed E-state index contributed by atoms with van der Waals surface area (Å²) >= 11 is 0. The number of alkyl halides is 2. The van der Waals surface area contributed by atoms with E-state index in [9.17, 15) is 18.9 Å². The summed E-state index contributed by atoms with van der Waals surface area (Å²) in [5.41, 5.74) is 4.19. The highest BCUT2D eigenvalue weighted by Gasteiger charge is 2.36. The lowest BCUT2D eigenvalue weighted by Crippen LogP contribution is -2.26. The number of halogens is 2. The minimum atomic E-state index is -3.37. The van der Waals surface area contributed by atoms with Crippen molar-refractivity contribution >= 4 is 5.69 Å². The summed E-state index contributed by atoms with van der Waals surface area (Å²) in [5, 5.41) is 10.5. The van der Waals surface area contributed by atoms with Crippen molar-refractivity contribution in [3.05, 3.63) is 39.4 Å². The van der Waals surface area contributed by atoms with Gasteiger partial charge in [0.15, 0.2) is 0 Å². The molecule has 0 atom stereocenters. The Labute approximate surface area is 84.9 Å². The fourth-order valence-electron chi connectivity index (χ4n) is 1.21. The number of nitro groups is 1. The number of nitrogens with two attached hydrogens (primary N) is 1. The van der Waals surface area contributed by atoms with Crippen molar-refractivity contribution in [1.82, 2.24) is 0 Å². The molecule has 1 aromatic rings. The molecule has 6 heteroatoms. The second kappa shape index (κ2) is 3.90. The first-order chi connectivity index (χ1) is 6.88. The number of nitrogens with zero attached hydrogens (tertiary/aromatic N) is 1. The van der Waals surface area contributed by atoms with E-state index in [0.717, 1.165) is 12.1 Å². The Hall–Kier alpha value is -1.56. The zero-order valence-corrected chi connectivity index (χ0v) is 8.04. The van der Waals surface area contributed by atoms with Crippen LogP contribution >= 0.6 is 0 Å². The summed E-state index contributed by atoms with van der Waals surface area (Å²) < 4.78 is 26.5. The topological polar surface area (TPSA) is 69.2 Å². The average Bonchev–Trinajstić information content (AvgIpc) is 2.17. The molecule has 1 aromatic carbocycles. The van der Waals surface area contributed by atoms with E-state index in [1.807, 2.05) is 0 Å². The normalized spacial score (nSPS) is 11.5. The standard InChI is InChI=1S/C9H10F2N2O2/c1-6-2-3-8(13(14)15)7(4-6)9(10,11)5-12/h2-4H,5,12H2,1H3. The Kier molecular flexibility index (Phi) is 2.99. The van der Waals surface area contributed by atoms with Crippen molar-refractivity contribution < 1.29 is 13.7 Å². The van der Waals surface area contributed by atoms with Crippen molar-refractivity contribution in [2.75, 3.05) is 6.54 Å². The van der Waals surface area contributed by atoms with Crippen LogP contribution in [0, 0.1) is 17.0 Å². The number of aryl methyl sites for hydroxylation is 1. The monoisotopic (exact) mass is 216 g/mol. The van der Waals surface area contributed by atoms with E-state index in [1.165, 1.54) is 6.07 Å². The van der Waals surface area contributed by atoms with Crippen molar-refractivity contribution in [2.45, 2.75) is 12.8 Å². The zero-order chi connectivity index (χ0) is 11.6. The second-order valence-corrected chi connectivity index (χ2v) is 3.19. The number of benzene rings is 1. The number of rotatable bonds is 3. The van der Waals surface area contributed by atoms with Gasteiger partial charge < -0.3 is 5.73 Å². The molecule has 82 valence electrons. The SMILES string of the molecule is Cc1ccc([N+](=O)[O-])c(C(F)(F)CN)c1. The van der Waals surface area contributed by atoms with E-state index in [-0.39, 0.29) is 0 Å². The predicted octanol–water partition coefficient (Wildman–Crippen LogP) is 1.95. The number of hydrogen-bond acceptors (Lipinski definition) is 3. The highest BCUT2D eigenvalue weighted by atomic mass is 19.3. The Morgan fingerprint density at radius 1 is 1.53 bits per heavy atom. The fourth-order valence-corrected chi connectivity index (χ4v) is 1.21. The van der Waals surface area contributed by atoms with Crippen LogP contribution in [-0.2, 0) is 5.92 Å². The van der Waals surface area contributed by atoms with Gasteiger partial charge in [0, 0.05) is 6.07 Å². The van der Waals surface area contributed by atoms with Crippen LogP contribution in [0.1, 0.15) is 11.1 Å². The summed E-state index contributed by atoms with van der Waals surface area (Å²) in [6.07, 6.45) is 0. The van der Waals surface area contributed by atoms with Crippen LogP contribution in [0.2, 0.25) is 0 Å². The molecule has 1 rings (SSSR count). The maximum atomic E-state index is 13.3. The van der Waals surface area contributed by atoms with Crippen LogP contribution in [0.5, 0.6) is 0 Å². The van der Waals surface area contributed by atoms with E-state index in [0.29, 0.717) is 5.56 Å². The van der Waals surface area contributed by atoms with E-state index < -0.39 is 28.6 Å². The summed E-state index contributed by atoms with van der Waals surface area (Å²) in [7, 11) is 0. The number of hydrogen-bond donors (Lipinski definition) is 1. The quantitative estimate of drug-likeness (QED) is 0.620. The molecular weight excluding hydrogens is 206 g/mol. The van der Waals surface area contributed by atoms with Gasteiger partial charge in [-0.05, 0) is 13.0 Å². The average molecular weight is 216 g/mol. The van der Waals surface area contributed by atoms with Gasteiger partial charge in [-0.3, -0.25) is 10.1 Å². The molecule has 0 amide bonds. The highest BCUT2D eigenvalue weighted by molar-refractivity contribution is 5.45. The van der Waals surface area contributed by atoms with Crippen molar-refractivity contribution in [3.63, 3.8) is 0 Å². The van der Waals surface area contributed by atoms with E-state index in [1.54, 1.807) is 6.92 Å². The van der Waals surface area contributed by atoms with Crippen LogP contribution in [0.3, 0.4) is 0 Å². The molecule has 0 saturated carbocycles.